The Kier molecular flexibility index (Phi) is 19.0. The predicted molar refractivity (Wildman–Crippen MR) is 321 cm³/mol. The number of nitrogens with one attached hydrogen (secondary N) is 5. The van der Waals surface area contributed by atoms with Crippen LogP contribution in [0, 0.1) is 12.3 Å². The number of anilines is 1. The summed E-state index contributed by atoms with van der Waals surface area (Å²) in [7, 11) is 0. The summed E-state index contributed by atoms with van der Waals surface area (Å²) in [4.78, 5) is 119. The van der Waals surface area contributed by atoms with Gasteiger partial charge >= 0.3 is 5.97 Å². The van der Waals surface area contributed by atoms with Gasteiger partial charge in [-0.25, -0.2) is 9.78 Å². The number of aryl methyl sites for hydroxylation is 3. The molecule has 0 unspecified atom stereocenters. The summed E-state index contributed by atoms with van der Waals surface area (Å²) < 4.78 is 6.32. The molecule has 8 atom stereocenters. The first kappa shape index (κ1) is 61.3. The number of β-amino-alcohol motifs (C(OH)–C–C–N with tert-alkyl or cyclic N) is 1. The molecule has 5 heterocycles. The van der Waals surface area contributed by atoms with Crippen LogP contribution in [0.2, 0.25) is 0 Å². The van der Waals surface area contributed by atoms with Crippen molar-refractivity contribution in [3.8, 4) is 10.4 Å². The lowest BCUT2D eigenvalue weighted by Crippen LogP contribution is -2.57. The maximum Gasteiger partial charge on any atom is 0.335 e. The molecule has 0 radical (unpaired) electrons. The van der Waals surface area contributed by atoms with Gasteiger partial charge in [-0.1, -0.05) is 87.5 Å². The number of H-pyrrole nitrogens is 1. The van der Waals surface area contributed by atoms with Gasteiger partial charge in [-0.15, -0.1) is 11.3 Å². The number of likely N-dealkylation sites (tertiary alicyclic amines) is 1. The number of unbranched alkanes of at least 4 members (excludes halogenated alkanes) is 1. The topological polar surface area (TPSA) is 296 Å². The molecule has 448 valence electrons. The number of hydrogen-bond acceptors (Lipinski definition) is 12. The molecule has 7 amide bonds. The van der Waals surface area contributed by atoms with Gasteiger partial charge in [0.1, 0.15) is 29.9 Å². The number of carboxylic acid groups (broad SMARTS) is 1. The van der Waals surface area contributed by atoms with Crippen LogP contribution in [0.4, 0.5) is 5.69 Å². The summed E-state index contributed by atoms with van der Waals surface area (Å²) in [6.45, 7) is 11.4. The second-order valence-corrected chi connectivity index (χ2v) is 24.6. The van der Waals surface area contributed by atoms with Crippen molar-refractivity contribution in [3.05, 3.63) is 141 Å². The molecule has 0 saturated carbocycles. The van der Waals surface area contributed by atoms with Crippen LogP contribution in [0.25, 0.3) is 21.3 Å². The van der Waals surface area contributed by atoms with Crippen LogP contribution >= 0.6 is 11.3 Å². The monoisotopic (exact) mass is 1180 g/mol. The second kappa shape index (κ2) is 26.3. The van der Waals surface area contributed by atoms with Gasteiger partial charge in [0.05, 0.1) is 58.2 Å². The minimum Gasteiger partial charge on any atom is -0.478 e. The number of aliphatic hydroxyl groups excluding tert-OH is 1. The van der Waals surface area contributed by atoms with Crippen LogP contribution in [0.15, 0.2) is 96.5 Å². The van der Waals surface area contributed by atoms with Gasteiger partial charge in [0, 0.05) is 43.1 Å². The van der Waals surface area contributed by atoms with E-state index in [1.807, 2.05) is 107 Å². The Bertz CT molecular complexity index is 3480. The van der Waals surface area contributed by atoms with E-state index in [-0.39, 0.29) is 80.8 Å². The number of hydrogen-bond donors (Lipinski definition) is 8. The number of thiazole rings is 1. The smallest absolute Gasteiger partial charge is 0.335 e. The molecular formula is C64H75N9O11S. The third-order valence-corrected chi connectivity index (χ3v) is 17.4. The van der Waals surface area contributed by atoms with Gasteiger partial charge in [-0.3, -0.25) is 38.5 Å². The van der Waals surface area contributed by atoms with Gasteiger partial charge < -0.3 is 51.8 Å². The van der Waals surface area contributed by atoms with Gasteiger partial charge in [0.2, 0.25) is 35.4 Å². The molecule has 1 saturated heterocycles. The highest BCUT2D eigenvalue weighted by atomic mass is 32.1. The van der Waals surface area contributed by atoms with Gasteiger partial charge in [-0.05, 0) is 122 Å². The number of benzene rings is 4. The number of aliphatic hydroxyl groups is 1. The van der Waals surface area contributed by atoms with Crippen LogP contribution in [0.1, 0.15) is 140 Å². The van der Waals surface area contributed by atoms with E-state index in [0.29, 0.717) is 42.3 Å². The molecule has 6 aromatic rings. The highest BCUT2D eigenvalue weighted by molar-refractivity contribution is 7.13. The van der Waals surface area contributed by atoms with Crippen LogP contribution in [-0.4, -0.2) is 121 Å². The molecule has 20 nitrogen and oxygen atoms in total. The number of carboxylic acids is 1. The molecule has 3 aliphatic rings. The Morgan fingerprint density at radius 1 is 0.871 bits per heavy atom. The molecule has 0 spiro atoms. The van der Waals surface area contributed by atoms with E-state index in [1.54, 1.807) is 24.3 Å². The van der Waals surface area contributed by atoms with Crippen molar-refractivity contribution >= 4 is 75.2 Å². The second-order valence-electron chi connectivity index (χ2n) is 23.7. The van der Waals surface area contributed by atoms with E-state index in [0.717, 1.165) is 44.0 Å². The van der Waals surface area contributed by atoms with Crippen molar-refractivity contribution in [3.63, 3.8) is 0 Å². The van der Waals surface area contributed by atoms with Crippen molar-refractivity contribution in [1.29, 1.82) is 0 Å². The number of ether oxygens (including phenoxy) is 1. The van der Waals surface area contributed by atoms with Gasteiger partial charge in [0.25, 0.3) is 5.91 Å². The first-order chi connectivity index (χ1) is 40.5. The van der Waals surface area contributed by atoms with Crippen LogP contribution in [-0.2, 0) is 59.4 Å². The fourth-order valence-corrected chi connectivity index (χ4v) is 12.4. The molecular weight excluding hydrogens is 1100 g/mol. The molecule has 1 fully saturated rings. The maximum atomic E-state index is 14.5. The Balaban J connectivity index is 0.749. The molecule has 4 aromatic carbocycles. The number of aromatic nitrogens is 2. The zero-order valence-electron chi connectivity index (χ0n) is 48.7. The van der Waals surface area contributed by atoms with E-state index in [1.165, 1.54) is 28.0 Å². The highest BCUT2D eigenvalue weighted by Gasteiger charge is 2.46. The largest absolute Gasteiger partial charge is 0.478 e. The van der Waals surface area contributed by atoms with E-state index in [2.05, 4.69) is 31.2 Å². The van der Waals surface area contributed by atoms with Crippen molar-refractivity contribution in [2.45, 2.75) is 161 Å². The Hall–Kier alpha value is -8.27. The number of carbonyl (C=O) groups excluding carboxylic acids is 7. The lowest BCUT2D eigenvalue weighted by molar-refractivity contribution is -0.144. The quantitative estimate of drug-likeness (QED) is 0.0310. The lowest BCUT2D eigenvalue weighted by Gasteiger charge is -2.35. The molecule has 0 aliphatic carbocycles. The fraction of sp³-hybridized carbons (Fsp3) is 0.422. The summed E-state index contributed by atoms with van der Waals surface area (Å²) in [5, 5.41) is 32.6. The van der Waals surface area contributed by atoms with Crippen LogP contribution < -0.4 is 31.9 Å². The average Bonchev–Trinajstić information content (AvgIpc) is 1.82. The van der Waals surface area contributed by atoms with Crippen LogP contribution in [0.3, 0.4) is 0 Å². The fourth-order valence-electron chi connectivity index (χ4n) is 11.6. The van der Waals surface area contributed by atoms with Crippen molar-refractivity contribution in [1.82, 2.24) is 36.1 Å². The molecule has 2 aromatic heterocycles. The zero-order valence-corrected chi connectivity index (χ0v) is 49.6. The molecule has 85 heavy (non-hydrogen) atoms. The normalized spacial score (nSPS) is 18.9. The van der Waals surface area contributed by atoms with E-state index in [4.69, 9.17) is 10.5 Å². The Morgan fingerprint density at radius 2 is 1.59 bits per heavy atom. The minimum absolute atomic E-state index is 0.0265. The Morgan fingerprint density at radius 3 is 2.28 bits per heavy atom. The number of primary amides is 1. The highest BCUT2D eigenvalue weighted by Crippen LogP contribution is 2.40. The maximum absolute atomic E-state index is 14.5. The molecule has 0 bridgehead atoms. The summed E-state index contributed by atoms with van der Waals surface area (Å²) >= 11 is 1.56. The number of nitrogens with zero attached hydrogens (tertiary/aromatic N) is 3. The SMILES string of the molecule is Cc1ncsc1-c1ccc([C@H](C)NC(=O)[C@@H]2C[C@@H](O)CN2C(=O)[C@@H](NC(=O)CCCCc2ccc(CO[C@H](C)[C@H](CCC(N)=O)NC(=O)[C@@H]3Cc4cccc5c4N3C(=O)[C@H](NC(=O)c3cc4cc(C(=O)O)ccc4[nH]3)CC5)cc2)C(C)(C)C)cc1. The Labute approximate surface area is 497 Å². The number of para-hydroxylation sites is 1. The number of carbonyl (C=O) groups is 8. The van der Waals surface area contributed by atoms with Crippen LogP contribution in [0.5, 0.6) is 0 Å². The summed E-state index contributed by atoms with van der Waals surface area (Å²) in [6, 6.07) is 22.6. The number of aromatic amines is 1. The number of fused-ring (bicyclic) bond motifs is 1. The molecule has 3 aliphatic heterocycles. The number of rotatable bonds is 23. The predicted octanol–water partition coefficient (Wildman–Crippen LogP) is 6.74. The third kappa shape index (κ3) is 14.5. The molecule has 21 heteroatoms. The van der Waals surface area contributed by atoms with E-state index >= 15 is 0 Å². The van der Waals surface area contributed by atoms with Gasteiger partial charge in [0.15, 0.2) is 0 Å². The third-order valence-electron chi connectivity index (χ3n) is 16.4. The zero-order chi connectivity index (χ0) is 60.9. The number of aromatic carboxylic acids is 1. The van der Waals surface area contributed by atoms with E-state index < -0.39 is 83.3 Å². The first-order valence-electron chi connectivity index (χ1n) is 29.0. The first-order valence-corrected chi connectivity index (χ1v) is 29.9. The van der Waals surface area contributed by atoms with Crippen molar-refractivity contribution in [2.75, 3.05) is 11.4 Å². The average molecular weight is 1180 g/mol. The molecule has 9 N–H and O–H groups in total. The summed E-state index contributed by atoms with van der Waals surface area (Å²) in [6.07, 6.45) is 1.80. The van der Waals surface area contributed by atoms with Crippen molar-refractivity contribution in [2.24, 2.45) is 11.1 Å². The minimum atomic E-state index is -1.10. The van der Waals surface area contributed by atoms with Gasteiger partial charge in [-0.2, -0.15) is 0 Å². The number of nitrogens with two attached hydrogens (primary N) is 1. The summed E-state index contributed by atoms with van der Waals surface area (Å²) in [5.41, 5.74) is 14.6. The lowest BCUT2D eigenvalue weighted by atomic mass is 9.85. The van der Waals surface area contributed by atoms with Crippen molar-refractivity contribution < 1.29 is 53.3 Å². The van der Waals surface area contributed by atoms with E-state index in [9.17, 15) is 48.6 Å². The standard InChI is InChI=1S/C64H75N9O11S/c1-35(40-18-20-42(21-19-40)56-36(2)66-34-85-56)67-59(78)51-31-46(74)32-72(51)62(81)57(64(4,5)6)71-54(76)13-8-7-10-38-14-16-39(17-15-38)33-84-37(3)47(26-27-53(65)75)69-60(79)52-30-43-12-9-11-41-22-25-49(61(80)73(52)55(41)43)70-58(77)50-29-45-28-44(63(82)83)23-24-48(45)68-50/h9,11-12,14-21,23-24,28-29,34-35,37,46-47,49,51-52,57,68,74H,7-8,10,13,22,25-27,30-33H2,1-6H3,(H2,65,75)(H,67,78)(H,69,79)(H,70,77)(H,71,76)(H,82,83)/t35-,37+,46+,47-,49+,51-,52-,57+/m0/s1. The molecule has 9 rings (SSSR count). The number of amides is 7. The summed E-state index contributed by atoms with van der Waals surface area (Å²) in [5.74, 6) is -4.20.